The molecular weight excluding hydrogens is 242 g/mol. The van der Waals surface area contributed by atoms with Gasteiger partial charge in [-0.25, -0.2) is 4.98 Å². The molecule has 4 heteroatoms. The fourth-order valence-corrected chi connectivity index (χ4v) is 2.72. The highest BCUT2D eigenvalue weighted by molar-refractivity contribution is 7.15. The summed E-state index contributed by atoms with van der Waals surface area (Å²) in [6, 6.07) is 8.30. The molecule has 3 nitrogen and oxygen atoms in total. The van der Waals surface area contributed by atoms with Crippen LogP contribution < -0.4 is 10.6 Å². The monoisotopic (exact) mass is 261 g/mol. The van der Waals surface area contributed by atoms with Gasteiger partial charge in [-0.15, -0.1) is 11.3 Å². The maximum absolute atomic E-state index is 5.76. The van der Waals surface area contributed by atoms with Crippen LogP contribution in [0.3, 0.4) is 0 Å². The van der Waals surface area contributed by atoms with E-state index in [1.807, 2.05) is 6.07 Å². The minimum absolute atomic E-state index is 0.583. The van der Waals surface area contributed by atoms with Crippen molar-refractivity contribution in [2.45, 2.75) is 26.9 Å². The first kappa shape index (κ1) is 13.1. The third-order valence-electron chi connectivity index (χ3n) is 3.09. The lowest BCUT2D eigenvalue weighted by Gasteiger charge is -2.17. The highest BCUT2D eigenvalue weighted by Crippen LogP contribution is 2.25. The number of hydrogen-bond acceptors (Lipinski definition) is 4. The van der Waals surface area contributed by atoms with E-state index in [0.717, 1.165) is 17.4 Å². The summed E-state index contributed by atoms with van der Waals surface area (Å²) >= 11 is 1.74. The predicted molar refractivity (Wildman–Crippen MR) is 78.0 cm³/mol. The number of aryl methyl sites for hydroxylation is 2. The minimum Gasteiger partial charge on any atom is -0.347 e. The number of rotatable bonds is 4. The van der Waals surface area contributed by atoms with Crippen LogP contribution in [0.25, 0.3) is 0 Å². The van der Waals surface area contributed by atoms with Gasteiger partial charge < -0.3 is 10.6 Å². The number of nitrogens with two attached hydrogens (primary N) is 1. The maximum atomic E-state index is 5.76. The molecule has 0 saturated carbocycles. The Kier molecular flexibility index (Phi) is 3.99. The average molecular weight is 261 g/mol. The molecule has 0 aliphatic rings. The summed E-state index contributed by atoms with van der Waals surface area (Å²) in [5.41, 5.74) is 9.36. The summed E-state index contributed by atoms with van der Waals surface area (Å²) in [6.07, 6.45) is 0. The van der Waals surface area contributed by atoms with E-state index in [1.54, 1.807) is 11.3 Å². The fourth-order valence-electron chi connectivity index (χ4n) is 1.85. The molecule has 0 spiro atoms. The number of thiazole rings is 1. The molecule has 0 aliphatic heterocycles. The minimum atomic E-state index is 0.583. The quantitative estimate of drug-likeness (QED) is 0.920. The Balaban J connectivity index is 2.18. The van der Waals surface area contributed by atoms with Crippen LogP contribution in [-0.2, 0) is 13.1 Å². The molecule has 1 aromatic heterocycles. The molecule has 0 saturated heterocycles. The van der Waals surface area contributed by atoms with Crippen LogP contribution in [0.4, 0.5) is 5.13 Å². The van der Waals surface area contributed by atoms with Crippen molar-refractivity contribution in [3.05, 3.63) is 46.0 Å². The van der Waals surface area contributed by atoms with Gasteiger partial charge in [0.2, 0.25) is 0 Å². The first-order valence-electron chi connectivity index (χ1n) is 6.04. The van der Waals surface area contributed by atoms with E-state index in [1.165, 1.54) is 16.0 Å². The van der Waals surface area contributed by atoms with Gasteiger partial charge >= 0.3 is 0 Å². The normalized spacial score (nSPS) is 10.7. The van der Waals surface area contributed by atoms with Crippen molar-refractivity contribution in [1.82, 2.24) is 4.98 Å². The van der Waals surface area contributed by atoms with Gasteiger partial charge in [0.25, 0.3) is 0 Å². The molecule has 1 aromatic carbocycles. The Morgan fingerprint density at radius 2 is 1.89 bits per heavy atom. The van der Waals surface area contributed by atoms with Crippen LogP contribution in [0.15, 0.2) is 24.3 Å². The van der Waals surface area contributed by atoms with E-state index in [9.17, 15) is 0 Å². The van der Waals surface area contributed by atoms with Gasteiger partial charge in [0.15, 0.2) is 5.13 Å². The topological polar surface area (TPSA) is 42.2 Å². The van der Waals surface area contributed by atoms with Gasteiger partial charge in [0.05, 0.1) is 5.69 Å². The van der Waals surface area contributed by atoms with Crippen LogP contribution in [0.2, 0.25) is 0 Å². The van der Waals surface area contributed by atoms with Crippen LogP contribution >= 0.6 is 11.3 Å². The second kappa shape index (κ2) is 5.50. The van der Waals surface area contributed by atoms with Crippen molar-refractivity contribution in [2.24, 2.45) is 5.73 Å². The molecule has 2 rings (SSSR count). The van der Waals surface area contributed by atoms with Crippen molar-refractivity contribution in [1.29, 1.82) is 0 Å². The number of hydrogen-bond donors (Lipinski definition) is 1. The summed E-state index contributed by atoms with van der Waals surface area (Å²) in [7, 11) is 2.07. The van der Waals surface area contributed by atoms with Crippen LogP contribution in [0.5, 0.6) is 0 Å². The molecule has 0 fully saturated rings. The molecule has 2 aromatic rings. The summed E-state index contributed by atoms with van der Waals surface area (Å²) < 4.78 is 0. The zero-order valence-corrected chi connectivity index (χ0v) is 11.9. The summed E-state index contributed by atoms with van der Waals surface area (Å²) in [5.74, 6) is 0. The lowest BCUT2D eigenvalue weighted by Crippen LogP contribution is -2.18. The first-order valence-corrected chi connectivity index (χ1v) is 6.85. The number of benzene rings is 1. The van der Waals surface area contributed by atoms with Crippen molar-refractivity contribution in [3.63, 3.8) is 0 Å². The van der Waals surface area contributed by atoms with Gasteiger partial charge in [-0.2, -0.15) is 0 Å². The molecule has 0 amide bonds. The summed E-state index contributed by atoms with van der Waals surface area (Å²) in [6.45, 7) is 5.59. The van der Waals surface area contributed by atoms with E-state index in [-0.39, 0.29) is 0 Å². The molecule has 0 bridgehead atoms. The van der Waals surface area contributed by atoms with Gasteiger partial charge in [-0.3, -0.25) is 0 Å². The second-order valence-electron chi connectivity index (χ2n) is 4.47. The second-order valence-corrected chi connectivity index (χ2v) is 5.65. The lowest BCUT2D eigenvalue weighted by atomic mass is 10.1. The molecule has 0 atom stereocenters. The fraction of sp³-hybridized carbons (Fsp3) is 0.357. The van der Waals surface area contributed by atoms with E-state index in [2.05, 4.69) is 49.0 Å². The summed E-state index contributed by atoms with van der Waals surface area (Å²) in [5, 5.41) is 1.07. The number of nitrogens with zero attached hydrogens (tertiary/aromatic N) is 2. The molecule has 0 aliphatic carbocycles. The maximum Gasteiger partial charge on any atom is 0.185 e. The molecule has 0 unspecified atom stereocenters. The molecular formula is C14H19N3S. The smallest absolute Gasteiger partial charge is 0.185 e. The van der Waals surface area contributed by atoms with Crippen LogP contribution in [0, 0.1) is 13.8 Å². The largest absolute Gasteiger partial charge is 0.347 e. The Hall–Kier alpha value is -1.39. The first-order chi connectivity index (χ1) is 8.61. The zero-order valence-electron chi connectivity index (χ0n) is 11.1. The molecule has 96 valence electrons. The third-order valence-corrected chi connectivity index (χ3v) is 4.28. The molecule has 0 radical (unpaired) electrons. The molecule has 2 N–H and O–H groups in total. The highest BCUT2D eigenvalue weighted by Gasteiger charge is 2.10. The highest BCUT2D eigenvalue weighted by atomic mass is 32.1. The lowest BCUT2D eigenvalue weighted by molar-refractivity contribution is 0.886. The van der Waals surface area contributed by atoms with E-state index < -0.39 is 0 Å². The third kappa shape index (κ3) is 2.71. The molecule has 18 heavy (non-hydrogen) atoms. The van der Waals surface area contributed by atoms with Crippen molar-refractivity contribution < 1.29 is 0 Å². The van der Waals surface area contributed by atoms with Gasteiger partial charge in [-0.1, -0.05) is 24.3 Å². The van der Waals surface area contributed by atoms with Gasteiger partial charge in [0, 0.05) is 25.0 Å². The van der Waals surface area contributed by atoms with E-state index in [4.69, 9.17) is 5.73 Å². The van der Waals surface area contributed by atoms with E-state index >= 15 is 0 Å². The standard InChI is InChI=1S/C14H19N3S/c1-10-11(2)18-14(16-10)17(3)9-13-7-5-4-6-12(13)8-15/h4-7H,8-9,15H2,1-3H3. The van der Waals surface area contributed by atoms with Gasteiger partial charge in [0.1, 0.15) is 0 Å². The SMILES string of the molecule is Cc1nc(N(C)Cc2ccccc2CN)sc1C. The van der Waals surface area contributed by atoms with Gasteiger partial charge in [-0.05, 0) is 25.0 Å². The van der Waals surface area contributed by atoms with Crippen molar-refractivity contribution >= 4 is 16.5 Å². The van der Waals surface area contributed by atoms with Crippen LogP contribution in [0.1, 0.15) is 21.7 Å². The Labute approximate surface area is 112 Å². The Morgan fingerprint density at radius 1 is 1.22 bits per heavy atom. The summed E-state index contributed by atoms with van der Waals surface area (Å²) in [4.78, 5) is 8.04. The Bertz CT molecular complexity index is 514. The Morgan fingerprint density at radius 3 is 2.44 bits per heavy atom. The molecule has 1 heterocycles. The number of anilines is 1. The zero-order chi connectivity index (χ0) is 13.1. The van der Waals surface area contributed by atoms with E-state index in [0.29, 0.717) is 6.54 Å². The van der Waals surface area contributed by atoms with Crippen molar-refractivity contribution in [3.8, 4) is 0 Å². The van der Waals surface area contributed by atoms with Crippen LogP contribution in [-0.4, -0.2) is 12.0 Å². The van der Waals surface area contributed by atoms with Crippen molar-refractivity contribution in [2.75, 3.05) is 11.9 Å². The average Bonchev–Trinajstić information content (AvgIpc) is 2.70. The number of aromatic nitrogens is 1. The predicted octanol–water partition coefficient (Wildman–Crippen LogP) is 2.86.